The van der Waals surface area contributed by atoms with E-state index in [1.165, 1.54) is 10.9 Å². The Kier molecular flexibility index (Phi) is 7.09. The van der Waals surface area contributed by atoms with Gasteiger partial charge in [-0.1, -0.05) is 0 Å². The number of hydrogen-bond donors (Lipinski definition) is 4. The molecule has 14 nitrogen and oxygen atoms in total. The van der Waals surface area contributed by atoms with Crippen LogP contribution < -0.4 is 11.3 Å². The Hall–Kier alpha value is -2.35. The van der Waals surface area contributed by atoms with Crippen molar-refractivity contribution in [3.8, 4) is 0 Å². The Morgan fingerprint density at radius 3 is 2.65 bits per heavy atom. The molecule has 0 unspecified atom stereocenters. The number of aliphatic hydroxyl groups is 2. The fourth-order valence-corrected chi connectivity index (χ4v) is 4.58. The first-order valence-corrected chi connectivity index (χ1v) is 11.2. The number of H-pyrrole nitrogens is 1. The van der Waals surface area contributed by atoms with E-state index in [9.17, 15) is 24.4 Å². The van der Waals surface area contributed by atoms with Crippen LogP contribution in [-0.4, -0.2) is 80.0 Å². The zero-order valence-corrected chi connectivity index (χ0v) is 17.7. The summed E-state index contributed by atoms with van der Waals surface area (Å²) in [7, 11) is -3.64. The number of fused-ring (bicyclic) bond motifs is 1. The number of aliphatic hydroxyl groups excluding tert-OH is 2. The van der Waals surface area contributed by atoms with Gasteiger partial charge in [0.15, 0.2) is 17.4 Å². The zero-order valence-electron chi connectivity index (χ0n) is 16.8. The highest BCUT2D eigenvalue weighted by molar-refractivity contribution is 7.54. The lowest BCUT2D eigenvalue weighted by molar-refractivity contribution is -0.147. The number of anilines is 1. The van der Waals surface area contributed by atoms with Crippen LogP contribution in [0.15, 0.2) is 11.1 Å². The summed E-state index contributed by atoms with van der Waals surface area (Å²) in [6, 6.07) is 0. The number of aromatic amines is 1. The standard InChI is InChI=1S/C16H24N5O9P/c1-3-28-31(26,29-4-2)6-9(22)27-5-8-11(23)12(24)15(30-8)21-7-18-10-13(21)19-16(17)20-14(10)25/h7-8,11-12,15,23-24H,3-6H2,1-2H3,(H3,17,19,20,25)/t8-,11-,12-,15-/m1/s1. The number of imidazole rings is 1. The predicted molar refractivity (Wildman–Crippen MR) is 105 cm³/mol. The molecule has 0 aliphatic carbocycles. The molecule has 0 amide bonds. The van der Waals surface area contributed by atoms with Crippen LogP contribution in [0.3, 0.4) is 0 Å². The van der Waals surface area contributed by atoms with Gasteiger partial charge in [-0.15, -0.1) is 0 Å². The number of nitrogen functional groups attached to an aromatic ring is 1. The second kappa shape index (κ2) is 9.42. The maximum atomic E-state index is 12.4. The number of carbonyl (C=O) groups excluding carboxylic acids is 1. The molecule has 0 saturated carbocycles. The molecule has 3 heterocycles. The highest BCUT2D eigenvalue weighted by Crippen LogP contribution is 2.47. The summed E-state index contributed by atoms with van der Waals surface area (Å²) in [6.45, 7) is 2.95. The summed E-state index contributed by atoms with van der Waals surface area (Å²) in [6.07, 6.45) is -4.56. The molecule has 2 aromatic heterocycles. The first-order valence-electron chi connectivity index (χ1n) is 9.46. The molecule has 2 aromatic rings. The number of ether oxygens (including phenoxy) is 2. The summed E-state index contributed by atoms with van der Waals surface area (Å²) in [5.74, 6) is -1.04. The van der Waals surface area contributed by atoms with Crippen molar-refractivity contribution in [3.05, 3.63) is 16.7 Å². The molecule has 172 valence electrons. The molecule has 1 fully saturated rings. The second-order valence-corrected chi connectivity index (χ2v) is 8.66. The number of aromatic nitrogens is 4. The number of nitrogens with one attached hydrogen (secondary N) is 1. The van der Waals surface area contributed by atoms with Gasteiger partial charge in [-0.25, -0.2) is 4.98 Å². The average molecular weight is 461 g/mol. The zero-order chi connectivity index (χ0) is 22.8. The van der Waals surface area contributed by atoms with Gasteiger partial charge >= 0.3 is 13.6 Å². The quantitative estimate of drug-likeness (QED) is 0.266. The van der Waals surface area contributed by atoms with Crippen LogP contribution in [0.4, 0.5) is 5.95 Å². The summed E-state index contributed by atoms with van der Waals surface area (Å²) in [5, 5.41) is 20.7. The van der Waals surface area contributed by atoms with Gasteiger partial charge in [0.2, 0.25) is 5.95 Å². The smallest absolute Gasteiger partial charge is 0.341 e. The van der Waals surface area contributed by atoms with Gasteiger partial charge in [-0.3, -0.25) is 23.7 Å². The van der Waals surface area contributed by atoms with Crippen molar-refractivity contribution < 1.29 is 38.1 Å². The molecule has 1 aliphatic rings. The van der Waals surface area contributed by atoms with Crippen LogP contribution in [0.1, 0.15) is 20.1 Å². The lowest BCUT2D eigenvalue weighted by Crippen LogP contribution is -2.34. The molecule has 0 radical (unpaired) electrons. The Morgan fingerprint density at radius 2 is 2.00 bits per heavy atom. The van der Waals surface area contributed by atoms with Crippen molar-refractivity contribution in [2.24, 2.45) is 0 Å². The van der Waals surface area contributed by atoms with Crippen molar-refractivity contribution in [2.75, 3.05) is 31.7 Å². The summed E-state index contributed by atoms with van der Waals surface area (Å²) in [4.78, 5) is 34.2. The largest absolute Gasteiger partial charge is 0.462 e. The number of carbonyl (C=O) groups is 1. The molecule has 4 atom stereocenters. The lowest BCUT2D eigenvalue weighted by atomic mass is 10.1. The molecule has 5 N–H and O–H groups in total. The Morgan fingerprint density at radius 1 is 1.32 bits per heavy atom. The maximum absolute atomic E-state index is 12.4. The fourth-order valence-electron chi connectivity index (χ4n) is 3.13. The van der Waals surface area contributed by atoms with E-state index < -0.39 is 56.4 Å². The van der Waals surface area contributed by atoms with E-state index in [2.05, 4.69) is 15.0 Å². The van der Waals surface area contributed by atoms with Crippen LogP contribution in [0.5, 0.6) is 0 Å². The Labute approximate surface area is 175 Å². The van der Waals surface area contributed by atoms with E-state index >= 15 is 0 Å². The number of nitrogens with zero attached hydrogens (tertiary/aromatic N) is 3. The third-order valence-electron chi connectivity index (χ3n) is 4.44. The van der Waals surface area contributed by atoms with E-state index in [0.29, 0.717) is 0 Å². The molecule has 3 rings (SSSR count). The molecule has 15 heteroatoms. The van der Waals surface area contributed by atoms with Crippen molar-refractivity contribution >= 4 is 30.7 Å². The molecule has 0 spiro atoms. The average Bonchev–Trinajstić information content (AvgIpc) is 3.22. The van der Waals surface area contributed by atoms with E-state index in [1.807, 2.05) is 0 Å². The molecule has 1 aliphatic heterocycles. The van der Waals surface area contributed by atoms with E-state index in [0.717, 1.165) is 0 Å². The minimum absolute atomic E-state index is 0.0306. The summed E-state index contributed by atoms with van der Waals surface area (Å²) < 4.78 is 34.4. The second-order valence-electron chi connectivity index (χ2n) is 6.61. The minimum atomic E-state index is -3.64. The van der Waals surface area contributed by atoms with Crippen LogP contribution in [-0.2, 0) is 27.9 Å². The van der Waals surface area contributed by atoms with Crippen molar-refractivity contribution in [2.45, 2.75) is 38.4 Å². The molecular weight excluding hydrogens is 437 g/mol. The van der Waals surface area contributed by atoms with Gasteiger partial charge in [0, 0.05) is 0 Å². The molecular formula is C16H24N5O9P. The summed E-state index contributed by atoms with van der Waals surface area (Å²) >= 11 is 0. The highest BCUT2D eigenvalue weighted by atomic mass is 31.2. The van der Waals surface area contributed by atoms with Crippen LogP contribution in [0, 0.1) is 0 Å². The SMILES string of the molecule is CCOP(=O)(CC(=O)OC[C@H]1O[C@@H](n2cnc3c(=O)[nH]c(N)nc32)[C@H](O)[C@@H]1O)OCC. The van der Waals surface area contributed by atoms with E-state index in [1.54, 1.807) is 13.8 Å². The fraction of sp³-hybridized carbons (Fsp3) is 0.625. The van der Waals surface area contributed by atoms with E-state index in [-0.39, 0.29) is 30.3 Å². The van der Waals surface area contributed by atoms with Gasteiger partial charge in [-0.05, 0) is 13.8 Å². The van der Waals surface area contributed by atoms with Gasteiger partial charge in [0.25, 0.3) is 5.56 Å². The van der Waals surface area contributed by atoms with Gasteiger partial charge < -0.3 is 34.5 Å². The summed E-state index contributed by atoms with van der Waals surface area (Å²) in [5.41, 5.74) is 4.99. The highest BCUT2D eigenvalue weighted by Gasteiger charge is 2.45. The van der Waals surface area contributed by atoms with Gasteiger partial charge in [-0.2, -0.15) is 4.98 Å². The molecule has 0 aromatic carbocycles. The first kappa shape index (κ1) is 23.3. The van der Waals surface area contributed by atoms with Crippen LogP contribution >= 0.6 is 7.60 Å². The Balaban J connectivity index is 1.68. The minimum Gasteiger partial charge on any atom is -0.462 e. The van der Waals surface area contributed by atoms with E-state index in [4.69, 9.17) is 24.3 Å². The van der Waals surface area contributed by atoms with Crippen molar-refractivity contribution in [1.29, 1.82) is 0 Å². The monoisotopic (exact) mass is 461 g/mol. The lowest BCUT2D eigenvalue weighted by Gasteiger charge is -2.18. The molecule has 0 bridgehead atoms. The molecule has 31 heavy (non-hydrogen) atoms. The van der Waals surface area contributed by atoms with Crippen LogP contribution in [0.25, 0.3) is 11.2 Å². The topological polar surface area (TPSA) is 201 Å². The van der Waals surface area contributed by atoms with Crippen molar-refractivity contribution in [3.63, 3.8) is 0 Å². The molecule has 1 saturated heterocycles. The number of rotatable bonds is 9. The number of nitrogens with two attached hydrogens (primary N) is 1. The maximum Gasteiger partial charge on any atom is 0.341 e. The number of hydrogen-bond acceptors (Lipinski definition) is 12. The van der Waals surface area contributed by atoms with Crippen molar-refractivity contribution in [1.82, 2.24) is 19.5 Å². The van der Waals surface area contributed by atoms with Gasteiger partial charge in [0.1, 0.15) is 31.1 Å². The van der Waals surface area contributed by atoms with Crippen LogP contribution in [0.2, 0.25) is 0 Å². The third-order valence-corrected chi connectivity index (χ3v) is 6.39. The normalized spacial score (nSPS) is 24.0. The third kappa shape index (κ3) is 4.95. The number of esters is 1. The Bertz CT molecular complexity index is 1030. The first-order chi connectivity index (χ1) is 14.7. The predicted octanol–water partition coefficient (Wildman–Crippen LogP) is -0.870. The van der Waals surface area contributed by atoms with Gasteiger partial charge in [0.05, 0.1) is 19.5 Å².